The lowest BCUT2D eigenvalue weighted by molar-refractivity contribution is 0.679. The highest BCUT2D eigenvalue weighted by Gasteiger charge is 2.15. The molecule has 1 N–H and O–H groups in total. The van der Waals surface area contributed by atoms with E-state index in [1.807, 2.05) is 0 Å². The highest BCUT2D eigenvalue weighted by molar-refractivity contribution is 5.62. The third-order valence-corrected chi connectivity index (χ3v) is 3.52. The van der Waals surface area contributed by atoms with Crippen LogP contribution in [0.3, 0.4) is 0 Å². The Morgan fingerprint density at radius 1 is 1.38 bits per heavy atom. The number of hydrogen-bond acceptors (Lipinski definition) is 2. The van der Waals surface area contributed by atoms with Gasteiger partial charge < -0.3 is 10.2 Å². The van der Waals surface area contributed by atoms with Crippen LogP contribution in [0.25, 0.3) is 0 Å². The van der Waals surface area contributed by atoms with Crippen LogP contribution in [0.15, 0.2) is 18.2 Å². The SMILES string of the molecule is CC1CCc2cc(N(C)C(C)C)ccc2N1. The second-order valence-corrected chi connectivity index (χ2v) is 5.13. The van der Waals surface area contributed by atoms with E-state index in [9.17, 15) is 0 Å². The van der Waals surface area contributed by atoms with Crippen molar-refractivity contribution in [1.82, 2.24) is 0 Å². The van der Waals surface area contributed by atoms with Gasteiger partial charge in [0.05, 0.1) is 0 Å². The summed E-state index contributed by atoms with van der Waals surface area (Å²) in [7, 11) is 2.16. The van der Waals surface area contributed by atoms with Gasteiger partial charge >= 0.3 is 0 Å². The number of anilines is 2. The summed E-state index contributed by atoms with van der Waals surface area (Å²) < 4.78 is 0. The van der Waals surface area contributed by atoms with Crippen LogP contribution in [0.1, 0.15) is 32.8 Å². The highest BCUT2D eigenvalue weighted by Crippen LogP contribution is 2.29. The van der Waals surface area contributed by atoms with E-state index in [0.29, 0.717) is 12.1 Å². The van der Waals surface area contributed by atoms with Crippen LogP contribution < -0.4 is 10.2 Å². The number of nitrogens with one attached hydrogen (secondary N) is 1. The van der Waals surface area contributed by atoms with Crippen molar-refractivity contribution in [2.24, 2.45) is 0 Å². The molecule has 0 amide bonds. The normalized spacial score (nSPS) is 19.2. The van der Waals surface area contributed by atoms with E-state index in [0.717, 1.165) is 0 Å². The predicted octanol–water partition coefficient (Wildman–Crippen LogP) is 3.28. The van der Waals surface area contributed by atoms with E-state index in [1.54, 1.807) is 0 Å². The Kier molecular flexibility index (Phi) is 3.08. The number of benzene rings is 1. The zero-order chi connectivity index (χ0) is 11.7. The molecule has 1 aliphatic rings. The summed E-state index contributed by atoms with van der Waals surface area (Å²) in [6.07, 6.45) is 2.44. The number of rotatable bonds is 2. The van der Waals surface area contributed by atoms with Gasteiger partial charge in [0.2, 0.25) is 0 Å². The standard InChI is InChI=1S/C14H22N2/c1-10(2)16(4)13-7-8-14-12(9-13)6-5-11(3)15-14/h7-11,15H,5-6H2,1-4H3. The molecule has 0 saturated carbocycles. The van der Waals surface area contributed by atoms with Crippen LogP contribution in [-0.4, -0.2) is 19.1 Å². The van der Waals surface area contributed by atoms with Gasteiger partial charge in [-0.1, -0.05) is 0 Å². The van der Waals surface area contributed by atoms with E-state index in [1.165, 1.54) is 29.8 Å². The first-order chi connectivity index (χ1) is 7.58. The fourth-order valence-electron chi connectivity index (χ4n) is 2.15. The number of fused-ring (bicyclic) bond motifs is 1. The molecule has 2 heteroatoms. The van der Waals surface area contributed by atoms with Crippen molar-refractivity contribution in [3.63, 3.8) is 0 Å². The zero-order valence-electron chi connectivity index (χ0n) is 10.7. The van der Waals surface area contributed by atoms with E-state index < -0.39 is 0 Å². The summed E-state index contributed by atoms with van der Waals surface area (Å²) in [4.78, 5) is 2.32. The molecule has 0 aliphatic carbocycles. The molecule has 1 atom stereocenters. The molecule has 0 spiro atoms. The van der Waals surface area contributed by atoms with E-state index >= 15 is 0 Å². The maximum absolute atomic E-state index is 3.54. The summed E-state index contributed by atoms with van der Waals surface area (Å²) in [5.41, 5.74) is 4.10. The Morgan fingerprint density at radius 2 is 2.12 bits per heavy atom. The van der Waals surface area contributed by atoms with Gasteiger partial charge in [-0.3, -0.25) is 0 Å². The van der Waals surface area contributed by atoms with Crippen molar-refractivity contribution < 1.29 is 0 Å². The quantitative estimate of drug-likeness (QED) is 0.819. The summed E-state index contributed by atoms with van der Waals surface area (Å²) >= 11 is 0. The van der Waals surface area contributed by atoms with Gasteiger partial charge in [-0.15, -0.1) is 0 Å². The third-order valence-electron chi connectivity index (χ3n) is 3.52. The Morgan fingerprint density at radius 3 is 2.81 bits per heavy atom. The first-order valence-corrected chi connectivity index (χ1v) is 6.20. The lowest BCUT2D eigenvalue weighted by atomic mass is 9.98. The molecule has 0 fully saturated rings. The number of nitrogens with zero attached hydrogens (tertiary/aromatic N) is 1. The molecule has 88 valence electrons. The molecule has 2 nitrogen and oxygen atoms in total. The molecule has 0 saturated heterocycles. The van der Waals surface area contributed by atoms with Gasteiger partial charge in [-0.25, -0.2) is 0 Å². The maximum Gasteiger partial charge on any atom is 0.0376 e. The molecule has 1 aliphatic heterocycles. The second kappa shape index (κ2) is 4.36. The molecule has 0 radical (unpaired) electrons. The lowest BCUT2D eigenvalue weighted by Crippen LogP contribution is -2.26. The average Bonchev–Trinajstić information content (AvgIpc) is 2.27. The number of aryl methyl sites for hydroxylation is 1. The van der Waals surface area contributed by atoms with Crippen LogP contribution >= 0.6 is 0 Å². The minimum Gasteiger partial charge on any atom is -0.382 e. The van der Waals surface area contributed by atoms with E-state index in [4.69, 9.17) is 0 Å². The Labute approximate surface area is 98.7 Å². The first kappa shape index (κ1) is 11.3. The molecule has 1 aromatic carbocycles. The van der Waals surface area contributed by atoms with Gasteiger partial charge in [0.1, 0.15) is 0 Å². The molecule has 1 aromatic rings. The fraction of sp³-hybridized carbons (Fsp3) is 0.571. The first-order valence-electron chi connectivity index (χ1n) is 6.20. The zero-order valence-corrected chi connectivity index (χ0v) is 10.7. The van der Waals surface area contributed by atoms with Crippen molar-refractivity contribution in [2.75, 3.05) is 17.3 Å². The minimum atomic E-state index is 0.550. The predicted molar refractivity (Wildman–Crippen MR) is 71.4 cm³/mol. The van der Waals surface area contributed by atoms with Crippen LogP contribution in [0.5, 0.6) is 0 Å². The Hall–Kier alpha value is -1.18. The molecular formula is C14H22N2. The molecule has 1 unspecified atom stereocenters. The smallest absolute Gasteiger partial charge is 0.0376 e. The third kappa shape index (κ3) is 2.16. The van der Waals surface area contributed by atoms with Crippen molar-refractivity contribution in [1.29, 1.82) is 0 Å². The molecule has 16 heavy (non-hydrogen) atoms. The van der Waals surface area contributed by atoms with Gasteiger partial charge in [0, 0.05) is 30.5 Å². The van der Waals surface area contributed by atoms with Crippen LogP contribution in [0, 0.1) is 0 Å². The average molecular weight is 218 g/mol. The minimum absolute atomic E-state index is 0.550. The largest absolute Gasteiger partial charge is 0.382 e. The molecule has 2 rings (SSSR count). The monoisotopic (exact) mass is 218 g/mol. The van der Waals surface area contributed by atoms with Crippen LogP contribution in [0.2, 0.25) is 0 Å². The van der Waals surface area contributed by atoms with Crippen molar-refractivity contribution in [3.8, 4) is 0 Å². The molecular weight excluding hydrogens is 196 g/mol. The Bertz CT molecular complexity index is 371. The van der Waals surface area contributed by atoms with Gasteiger partial charge in [0.25, 0.3) is 0 Å². The van der Waals surface area contributed by atoms with E-state index in [2.05, 4.69) is 56.2 Å². The van der Waals surface area contributed by atoms with Crippen molar-refractivity contribution in [2.45, 2.75) is 45.7 Å². The summed E-state index contributed by atoms with van der Waals surface area (Å²) in [6.45, 7) is 6.69. The Balaban J connectivity index is 2.26. The fourth-order valence-corrected chi connectivity index (χ4v) is 2.15. The summed E-state index contributed by atoms with van der Waals surface area (Å²) in [5.74, 6) is 0. The van der Waals surface area contributed by atoms with Crippen LogP contribution in [-0.2, 0) is 6.42 Å². The summed E-state index contributed by atoms with van der Waals surface area (Å²) in [5, 5.41) is 3.54. The van der Waals surface area contributed by atoms with Crippen molar-refractivity contribution in [3.05, 3.63) is 23.8 Å². The van der Waals surface area contributed by atoms with Crippen LogP contribution in [0.4, 0.5) is 11.4 Å². The second-order valence-electron chi connectivity index (χ2n) is 5.13. The van der Waals surface area contributed by atoms with E-state index in [-0.39, 0.29) is 0 Å². The van der Waals surface area contributed by atoms with Gasteiger partial charge in [-0.2, -0.15) is 0 Å². The van der Waals surface area contributed by atoms with Gasteiger partial charge in [-0.05, 0) is 57.4 Å². The maximum atomic E-state index is 3.54. The summed E-state index contributed by atoms with van der Waals surface area (Å²) in [6, 6.07) is 7.92. The van der Waals surface area contributed by atoms with Crippen molar-refractivity contribution >= 4 is 11.4 Å². The van der Waals surface area contributed by atoms with Gasteiger partial charge in [0.15, 0.2) is 0 Å². The molecule has 1 heterocycles. The molecule has 0 aromatic heterocycles. The topological polar surface area (TPSA) is 15.3 Å². The molecule has 0 bridgehead atoms. The number of hydrogen-bond donors (Lipinski definition) is 1. The highest BCUT2D eigenvalue weighted by atomic mass is 15.1. The lowest BCUT2D eigenvalue weighted by Gasteiger charge is -2.28.